The Bertz CT molecular complexity index is 505. The van der Waals surface area contributed by atoms with Gasteiger partial charge in [-0.25, -0.2) is 0 Å². The highest BCUT2D eigenvalue weighted by molar-refractivity contribution is 9.11. The normalized spacial score (nSPS) is 12.8. The van der Waals surface area contributed by atoms with Crippen LogP contribution < -0.4 is 5.73 Å². The topological polar surface area (TPSA) is 39.2 Å². The van der Waals surface area contributed by atoms with Gasteiger partial charge in [0.05, 0.1) is 6.04 Å². The quantitative estimate of drug-likeness (QED) is 0.871. The van der Waals surface area contributed by atoms with Gasteiger partial charge in [0.25, 0.3) is 0 Å². The second-order valence-corrected chi connectivity index (χ2v) is 5.38. The molecule has 4 heteroatoms. The minimum absolute atomic E-state index is 0.0836. The maximum Gasteiger partial charge on any atom is 0.135 e. The van der Waals surface area contributed by atoms with Gasteiger partial charge in [-0.3, -0.25) is 0 Å². The van der Waals surface area contributed by atoms with Crippen LogP contribution in [0.2, 0.25) is 0 Å². The van der Waals surface area contributed by atoms with Crippen molar-refractivity contribution in [2.75, 3.05) is 0 Å². The Balaban J connectivity index is 2.46. The zero-order chi connectivity index (χ0) is 11.7. The third-order valence-electron chi connectivity index (χ3n) is 2.27. The summed E-state index contributed by atoms with van der Waals surface area (Å²) in [5.74, 6) is 1.61. The van der Waals surface area contributed by atoms with Crippen molar-refractivity contribution < 1.29 is 4.42 Å². The third kappa shape index (κ3) is 2.39. The van der Waals surface area contributed by atoms with Crippen molar-refractivity contribution in [3.05, 3.63) is 45.0 Å². The zero-order valence-corrected chi connectivity index (χ0v) is 11.9. The molecule has 0 aliphatic rings. The summed E-state index contributed by atoms with van der Waals surface area (Å²) in [5.41, 5.74) is 6.77. The predicted molar refractivity (Wildman–Crippen MR) is 72.1 cm³/mol. The molecule has 1 unspecified atom stereocenters. The Labute approximate surface area is 111 Å². The van der Waals surface area contributed by atoms with Gasteiger partial charge in [0.1, 0.15) is 11.5 Å². The standard InChI is InChI=1S/C12H11Br2NO/c1-7(15)11-4-5-12(16-11)9-6-8(13)2-3-10(9)14/h2-7H,15H2,1H3. The minimum atomic E-state index is -0.0836. The van der Waals surface area contributed by atoms with Gasteiger partial charge in [-0.2, -0.15) is 0 Å². The molecule has 1 aromatic carbocycles. The number of hydrogen-bond acceptors (Lipinski definition) is 2. The monoisotopic (exact) mass is 343 g/mol. The number of nitrogens with two attached hydrogens (primary N) is 1. The summed E-state index contributed by atoms with van der Waals surface area (Å²) in [6, 6.07) is 9.72. The first-order valence-corrected chi connectivity index (χ1v) is 6.47. The van der Waals surface area contributed by atoms with Crippen LogP contribution in [-0.4, -0.2) is 0 Å². The van der Waals surface area contributed by atoms with Gasteiger partial charge in [0.2, 0.25) is 0 Å². The lowest BCUT2D eigenvalue weighted by Crippen LogP contribution is -2.02. The summed E-state index contributed by atoms with van der Waals surface area (Å²) < 4.78 is 7.71. The number of halogens is 2. The van der Waals surface area contributed by atoms with Gasteiger partial charge in [0.15, 0.2) is 0 Å². The molecule has 0 spiro atoms. The lowest BCUT2D eigenvalue weighted by molar-refractivity contribution is 0.491. The summed E-state index contributed by atoms with van der Waals surface area (Å²) in [6.07, 6.45) is 0. The molecule has 0 bridgehead atoms. The van der Waals surface area contributed by atoms with E-state index < -0.39 is 0 Å². The molecule has 0 saturated heterocycles. The Morgan fingerprint density at radius 3 is 2.56 bits per heavy atom. The Hall–Kier alpha value is -0.580. The van der Waals surface area contributed by atoms with Gasteiger partial charge < -0.3 is 10.2 Å². The largest absolute Gasteiger partial charge is 0.459 e. The highest BCUT2D eigenvalue weighted by atomic mass is 79.9. The van der Waals surface area contributed by atoms with E-state index in [1.54, 1.807) is 0 Å². The van der Waals surface area contributed by atoms with Crippen LogP contribution in [0.25, 0.3) is 11.3 Å². The molecular formula is C12H11Br2NO. The fraction of sp³-hybridized carbons (Fsp3) is 0.167. The zero-order valence-electron chi connectivity index (χ0n) is 8.71. The smallest absolute Gasteiger partial charge is 0.135 e. The molecule has 84 valence electrons. The number of benzene rings is 1. The second kappa shape index (κ2) is 4.73. The summed E-state index contributed by atoms with van der Waals surface area (Å²) in [5, 5.41) is 0. The van der Waals surface area contributed by atoms with Crippen molar-refractivity contribution in [2.45, 2.75) is 13.0 Å². The lowest BCUT2D eigenvalue weighted by Gasteiger charge is -2.03. The number of hydrogen-bond donors (Lipinski definition) is 1. The Morgan fingerprint density at radius 1 is 1.19 bits per heavy atom. The molecule has 0 amide bonds. The molecule has 1 atom stereocenters. The molecule has 0 saturated carbocycles. The minimum Gasteiger partial charge on any atom is -0.459 e. The van der Waals surface area contributed by atoms with Crippen molar-refractivity contribution in [2.24, 2.45) is 5.73 Å². The maximum atomic E-state index is 5.76. The molecule has 2 aromatic rings. The van der Waals surface area contributed by atoms with E-state index >= 15 is 0 Å². The van der Waals surface area contributed by atoms with Crippen molar-refractivity contribution in [1.82, 2.24) is 0 Å². The molecule has 2 rings (SSSR count). The van der Waals surface area contributed by atoms with E-state index in [2.05, 4.69) is 31.9 Å². The summed E-state index contributed by atoms with van der Waals surface area (Å²) in [7, 11) is 0. The van der Waals surface area contributed by atoms with Crippen LogP contribution in [0.4, 0.5) is 0 Å². The summed E-state index contributed by atoms with van der Waals surface area (Å²) in [4.78, 5) is 0. The van der Waals surface area contributed by atoms with Crippen LogP contribution in [0.5, 0.6) is 0 Å². The average molecular weight is 345 g/mol. The Morgan fingerprint density at radius 2 is 1.94 bits per heavy atom. The molecule has 0 radical (unpaired) electrons. The summed E-state index contributed by atoms with van der Waals surface area (Å²) >= 11 is 6.94. The van der Waals surface area contributed by atoms with E-state index in [1.165, 1.54) is 0 Å². The first kappa shape index (κ1) is 11.9. The van der Waals surface area contributed by atoms with Crippen molar-refractivity contribution in [3.63, 3.8) is 0 Å². The fourth-order valence-corrected chi connectivity index (χ4v) is 2.23. The van der Waals surface area contributed by atoms with Crippen molar-refractivity contribution in [1.29, 1.82) is 0 Å². The van der Waals surface area contributed by atoms with Gasteiger partial charge >= 0.3 is 0 Å². The highest BCUT2D eigenvalue weighted by Crippen LogP contribution is 2.32. The first-order valence-electron chi connectivity index (χ1n) is 4.88. The van der Waals surface area contributed by atoms with E-state index in [1.807, 2.05) is 37.3 Å². The SMILES string of the molecule is CC(N)c1ccc(-c2cc(Br)ccc2Br)o1. The van der Waals surface area contributed by atoms with Crippen LogP contribution in [-0.2, 0) is 0 Å². The van der Waals surface area contributed by atoms with Crippen LogP contribution in [0.3, 0.4) is 0 Å². The maximum absolute atomic E-state index is 5.76. The van der Waals surface area contributed by atoms with E-state index in [4.69, 9.17) is 10.2 Å². The molecule has 16 heavy (non-hydrogen) atoms. The van der Waals surface area contributed by atoms with Gasteiger partial charge in [0, 0.05) is 14.5 Å². The first-order chi connectivity index (χ1) is 7.58. The van der Waals surface area contributed by atoms with Crippen LogP contribution >= 0.6 is 31.9 Å². The van der Waals surface area contributed by atoms with Crippen molar-refractivity contribution in [3.8, 4) is 11.3 Å². The summed E-state index contributed by atoms with van der Waals surface area (Å²) in [6.45, 7) is 1.90. The molecule has 0 aliphatic carbocycles. The molecule has 0 fully saturated rings. The van der Waals surface area contributed by atoms with Gasteiger partial charge in [-0.05, 0) is 37.3 Å². The fourth-order valence-electron chi connectivity index (χ4n) is 1.43. The third-order valence-corrected chi connectivity index (χ3v) is 3.45. The number of rotatable bonds is 2. The van der Waals surface area contributed by atoms with E-state index in [-0.39, 0.29) is 6.04 Å². The lowest BCUT2D eigenvalue weighted by atomic mass is 10.2. The van der Waals surface area contributed by atoms with Gasteiger partial charge in [-0.15, -0.1) is 0 Å². The van der Waals surface area contributed by atoms with Crippen LogP contribution in [0.15, 0.2) is 43.7 Å². The second-order valence-electron chi connectivity index (χ2n) is 3.61. The van der Waals surface area contributed by atoms with E-state index in [0.29, 0.717) is 0 Å². The molecule has 0 aliphatic heterocycles. The molecule has 1 aromatic heterocycles. The number of furan rings is 1. The van der Waals surface area contributed by atoms with Gasteiger partial charge in [-0.1, -0.05) is 31.9 Å². The van der Waals surface area contributed by atoms with E-state index in [9.17, 15) is 0 Å². The van der Waals surface area contributed by atoms with Crippen LogP contribution in [0.1, 0.15) is 18.7 Å². The molecular weight excluding hydrogens is 334 g/mol. The molecule has 1 heterocycles. The molecule has 2 N–H and O–H groups in total. The Kier molecular flexibility index (Phi) is 3.52. The van der Waals surface area contributed by atoms with Crippen LogP contribution in [0, 0.1) is 0 Å². The van der Waals surface area contributed by atoms with E-state index in [0.717, 1.165) is 26.0 Å². The predicted octanol–water partition coefficient (Wildman–Crippen LogP) is 4.49. The highest BCUT2D eigenvalue weighted by Gasteiger charge is 2.10. The van der Waals surface area contributed by atoms with Crippen molar-refractivity contribution >= 4 is 31.9 Å². The average Bonchev–Trinajstić information content (AvgIpc) is 2.70. The molecule has 2 nitrogen and oxygen atoms in total.